The smallest absolute Gasteiger partial charge is 0.162 e. The summed E-state index contributed by atoms with van der Waals surface area (Å²) in [6.45, 7) is 4.22. The van der Waals surface area contributed by atoms with Crippen LogP contribution in [0.2, 0.25) is 0 Å². The van der Waals surface area contributed by atoms with E-state index in [1.807, 2.05) is 19.2 Å². The van der Waals surface area contributed by atoms with E-state index in [4.69, 9.17) is 10.2 Å². The molecule has 0 aromatic carbocycles. The van der Waals surface area contributed by atoms with E-state index < -0.39 is 0 Å². The predicted octanol–water partition coefficient (Wildman–Crippen LogP) is 3.55. The molecule has 0 amide bonds. The fourth-order valence-corrected chi connectivity index (χ4v) is 2.83. The van der Waals surface area contributed by atoms with E-state index in [-0.39, 0.29) is 6.04 Å². The summed E-state index contributed by atoms with van der Waals surface area (Å²) in [7, 11) is 0. The zero-order valence-corrected chi connectivity index (χ0v) is 10.8. The summed E-state index contributed by atoms with van der Waals surface area (Å²) in [4.78, 5) is 5.46. The summed E-state index contributed by atoms with van der Waals surface area (Å²) in [5.41, 5.74) is 5.83. The Balaban J connectivity index is 1.85. The molecular formula is C13H16N2OS. The lowest BCUT2D eigenvalue weighted by molar-refractivity contribution is 0.518. The molecule has 0 radical (unpaired) electrons. The Bertz CT molecular complexity index is 529. The highest BCUT2D eigenvalue weighted by Crippen LogP contribution is 2.48. The minimum absolute atomic E-state index is 0.0409. The molecule has 0 bridgehead atoms. The highest BCUT2D eigenvalue weighted by atomic mass is 32.1. The molecule has 2 N–H and O–H groups in total. The van der Waals surface area contributed by atoms with E-state index in [2.05, 4.69) is 18.0 Å². The molecule has 1 saturated carbocycles. The van der Waals surface area contributed by atoms with E-state index in [1.54, 1.807) is 11.3 Å². The van der Waals surface area contributed by atoms with Gasteiger partial charge in [-0.1, -0.05) is 6.92 Å². The lowest BCUT2D eigenvalue weighted by Gasteiger charge is -1.96. The van der Waals surface area contributed by atoms with E-state index in [1.165, 1.54) is 6.42 Å². The molecular weight excluding hydrogens is 232 g/mol. The molecule has 2 aromatic rings. The van der Waals surface area contributed by atoms with Gasteiger partial charge in [0, 0.05) is 23.0 Å². The first-order valence-electron chi connectivity index (χ1n) is 5.96. The molecule has 0 aliphatic heterocycles. The maximum absolute atomic E-state index is 5.86. The number of nitrogens with two attached hydrogens (primary N) is 1. The SMILES string of the molecule is CC(N)c1cnc(-c2ccc(C3CC3C)o2)s1. The Morgan fingerprint density at radius 2 is 2.29 bits per heavy atom. The minimum Gasteiger partial charge on any atom is -0.458 e. The van der Waals surface area contributed by atoms with E-state index >= 15 is 0 Å². The third-order valence-corrected chi connectivity index (χ3v) is 4.50. The number of rotatable bonds is 3. The molecule has 3 atom stereocenters. The second-order valence-corrected chi connectivity index (χ2v) is 5.94. The van der Waals surface area contributed by atoms with Crippen LogP contribution >= 0.6 is 11.3 Å². The van der Waals surface area contributed by atoms with Gasteiger partial charge in [0.15, 0.2) is 10.8 Å². The maximum atomic E-state index is 5.86. The third kappa shape index (κ3) is 2.03. The Morgan fingerprint density at radius 3 is 2.88 bits per heavy atom. The van der Waals surface area contributed by atoms with Gasteiger partial charge in [-0.3, -0.25) is 0 Å². The molecule has 0 spiro atoms. The minimum atomic E-state index is 0.0409. The standard InChI is InChI=1S/C13H16N2OS/c1-7-5-9(7)10-3-4-11(16-10)13-15-6-12(17-13)8(2)14/h3-4,6-9H,5,14H2,1-2H3. The molecule has 2 heterocycles. The van der Waals surface area contributed by atoms with Crippen molar-refractivity contribution in [2.75, 3.05) is 0 Å². The van der Waals surface area contributed by atoms with Gasteiger partial charge < -0.3 is 10.2 Å². The van der Waals surface area contributed by atoms with E-state index in [0.717, 1.165) is 27.3 Å². The van der Waals surface area contributed by atoms with Crippen molar-refractivity contribution in [2.24, 2.45) is 11.7 Å². The first-order valence-corrected chi connectivity index (χ1v) is 6.78. The van der Waals surface area contributed by atoms with E-state index in [0.29, 0.717) is 5.92 Å². The number of hydrogen-bond donors (Lipinski definition) is 1. The monoisotopic (exact) mass is 248 g/mol. The van der Waals surface area contributed by atoms with E-state index in [9.17, 15) is 0 Å². The second kappa shape index (κ2) is 3.96. The van der Waals surface area contributed by atoms with Crippen LogP contribution in [0, 0.1) is 5.92 Å². The summed E-state index contributed by atoms with van der Waals surface area (Å²) in [5, 5.41) is 0.928. The van der Waals surface area contributed by atoms with Crippen LogP contribution in [0.15, 0.2) is 22.7 Å². The molecule has 3 nitrogen and oxygen atoms in total. The van der Waals surface area contributed by atoms with Gasteiger partial charge in [-0.05, 0) is 31.4 Å². The summed E-state index contributed by atoms with van der Waals surface area (Å²) < 4.78 is 5.86. The molecule has 1 aliphatic rings. The lowest BCUT2D eigenvalue weighted by atomic mass is 10.3. The van der Waals surface area contributed by atoms with Crippen molar-refractivity contribution < 1.29 is 4.42 Å². The van der Waals surface area contributed by atoms with Gasteiger partial charge in [-0.25, -0.2) is 4.98 Å². The van der Waals surface area contributed by atoms with Crippen molar-refractivity contribution in [2.45, 2.75) is 32.2 Å². The molecule has 90 valence electrons. The van der Waals surface area contributed by atoms with Crippen LogP contribution in [-0.4, -0.2) is 4.98 Å². The number of thiazole rings is 1. The van der Waals surface area contributed by atoms with Gasteiger partial charge in [0.2, 0.25) is 0 Å². The third-order valence-electron chi connectivity index (χ3n) is 3.28. The van der Waals surface area contributed by atoms with Gasteiger partial charge in [0.05, 0.1) is 0 Å². The van der Waals surface area contributed by atoms with Gasteiger partial charge >= 0.3 is 0 Å². The number of nitrogens with zero attached hydrogens (tertiary/aromatic N) is 1. The van der Waals surface area contributed by atoms with Crippen LogP contribution in [0.1, 0.15) is 42.9 Å². The zero-order chi connectivity index (χ0) is 12.0. The maximum Gasteiger partial charge on any atom is 0.162 e. The van der Waals surface area contributed by atoms with Crippen molar-refractivity contribution >= 4 is 11.3 Å². The summed E-state index contributed by atoms with van der Waals surface area (Å²) >= 11 is 1.61. The average Bonchev–Trinajstić information content (AvgIpc) is 2.78. The quantitative estimate of drug-likeness (QED) is 0.903. The number of hydrogen-bond acceptors (Lipinski definition) is 4. The molecule has 1 aliphatic carbocycles. The van der Waals surface area contributed by atoms with Crippen molar-refractivity contribution in [1.29, 1.82) is 0 Å². The lowest BCUT2D eigenvalue weighted by Crippen LogP contribution is -2.01. The molecule has 17 heavy (non-hydrogen) atoms. The van der Waals surface area contributed by atoms with Crippen LogP contribution < -0.4 is 5.73 Å². The Labute approximate surface area is 105 Å². The van der Waals surface area contributed by atoms with Crippen LogP contribution in [0.4, 0.5) is 0 Å². The van der Waals surface area contributed by atoms with Crippen LogP contribution in [0.3, 0.4) is 0 Å². The molecule has 1 fully saturated rings. The van der Waals surface area contributed by atoms with Crippen LogP contribution in [0.25, 0.3) is 10.8 Å². The molecule has 2 aromatic heterocycles. The fourth-order valence-electron chi connectivity index (χ4n) is 2.00. The first kappa shape index (κ1) is 11.0. The number of aromatic nitrogens is 1. The van der Waals surface area contributed by atoms with Gasteiger partial charge in [-0.15, -0.1) is 11.3 Å². The van der Waals surface area contributed by atoms with Crippen LogP contribution in [-0.2, 0) is 0 Å². The fraction of sp³-hybridized carbons (Fsp3) is 0.462. The summed E-state index contributed by atoms with van der Waals surface area (Å²) in [6.07, 6.45) is 3.09. The highest BCUT2D eigenvalue weighted by Gasteiger charge is 2.36. The summed E-state index contributed by atoms with van der Waals surface area (Å²) in [5.74, 6) is 3.36. The Kier molecular flexibility index (Phi) is 2.56. The predicted molar refractivity (Wildman–Crippen MR) is 68.9 cm³/mol. The Morgan fingerprint density at radius 1 is 1.53 bits per heavy atom. The molecule has 4 heteroatoms. The molecule has 3 unspecified atom stereocenters. The average molecular weight is 248 g/mol. The van der Waals surface area contributed by atoms with Crippen molar-refractivity contribution in [3.05, 3.63) is 29.0 Å². The van der Waals surface area contributed by atoms with Crippen molar-refractivity contribution in [3.63, 3.8) is 0 Å². The first-order chi connectivity index (χ1) is 8.15. The second-order valence-electron chi connectivity index (χ2n) is 4.88. The zero-order valence-electron chi connectivity index (χ0n) is 10.0. The molecule has 0 saturated heterocycles. The van der Waals surface area contributed by atoms with Gasteiger partial charge in [-0.2, -0.15) is 0 Å². The topological polar surface area (TPSA) is 52.0 Å². The van der Waals surface area contributed by atoms with Gasteiger partial charge in [0.25, 0.3) is 0 Å². The van der Waals surface area contributed by atoms with Gasteiger partial charge in [0.1, 0.15) is 5.76 Å². The normalized spacial score (nSPS) is 24.9. The highest BCUT2D eigenvalue weighted by molar-refractivity contribution is 7.15. The molecule has 3 rings (SSSR count). The largest absolute Gasteiger partial charge is 0.458 e. The van der Waals surface area contributed by atoms with Crippen molar-refractivity contribution in [1.82, 2.24) is 4.98 Å². The van der Waals surface area contributed by atoms with Crippen molar-refractivity contribution in [3.8, 4) is 10.8 Å². The Hall–Kier alpha value is -1.13. The summed E-state index contributed by atoms with van der Waals surface area (Å²) in [6, 6.07) is 4.14. The van der Waals surface area contributed by atoms with Crippen LogP contribution in [0.5, 0.6) is 0 Å². The number of furan rings is 1.